The molecule has 1 aliphatic carbocycles. The van der Waals surface area contributed by atoms with Crippen molar-refractivity contribution >= 4 is 44.0 Å². The first-order valence-electron chi connectivity index (χ1n) is 10.6. The second-order valence-electron chi connectivity index (χ2n) is 8.15. The van der Waals surface area contributed by atoms with Crippen LogP contribution in [0.4, 0.5) is 10.8 Å². The average Bonchev–Trinajstić information content (AvgIpc) is 3.17. The number of aromatic nitrogens is 1. The molecule has 9 nitrogen and oxygen atoms in total. The van der Waals surface area contributed by atoms with Crippen LogP contribution in [-0.2, 0) is 14.8 Å². The summed E-state index contributed by atoms with van der Waals surface area (Å²) in [6.45, 7) is 1.67. The standard InChI is InChI=1S/C22H27N5O4S2/c1-15-20(21(29)25-33(3,30)31)24-22(32-15)27(18-11-9-16(13-23)10-12-18)14-19(28)26(2)17-7-5-4-6-8-17/h9-12,17H,4-8,14H2,1-3H3,(H,25,29). The Morgan fingerprint density at radius 1 is 1.21 bits per heavy atom. The lowest BCUT2D eigenvalue weighted by atomic mass is 9.94. The third-order valence-corrected chi connectivity index (χ3v) is 7.18. The zero-order chi connectivity index (χ0) is 24.2. The van der Waals surface area contributed by atoms with E-state index in [9.17, 15) is 18.0 Å². The number of nitriles is 1. The van der Waals surface area contributed by atoms with Gasteiger partial charge in [-0.3, -0.25) is 9.59 Å². The van der Waals surface area contributed by atoms with Crippen molar-refractivity contribution in [1.82, 2.24) is 14.6 Å². The lowest BCUT2D eigenvalue weighted by Gasteiger charge is -2.33. The van der Waals surface area contributed by atoms with E-state index in [-0.39, 0.29) is 24.2 Å². The van der Waals surface area contributed by atoms with Gasteiger partial charge in [0.15, 0.2) is 5.13 Å². The number of hydrogen-bond donors (Lipinski definition) is 1. The molecule has 0 saturated heterocycles. The molecule has 0 spiro atoms. The van der Waals surface area contributed by atoms with Gasteiger partial charge in [0.25, 0.3) is 5.91 Å². The van der Waals surface area contributed by atoms with Gasteiger partial charge in [-0.15, -0.1) is 11.3 Å². The molecule has 1 fully saturated rings. The fraction of sp³-hybridized carbons (Fsp3) is 0.455. The molecular weight excluding hydrogens is 462 g/mol. The lowest BCUT2D eigenvalue weighted by Crippen LogP contribution is -2.43. The van der Waals surface area contributed by atoms with Gasteiger partial charge in [0, 0.05) is 23.7 Å². The first-order chi connectivity index (χ1) is 15.6. The minimum Gasteiger partial charge on any atom is -0.341 e. The molecule has 0 radical (unpaired) electrons. The number of carbonyl (C=O) groups is 2. The van der Waals surface area contributed by atoms with Crippen molar-refractivity contribution in [2.24, 2.45) is 0 Å². The van der Waals surface area contributed by atoms with Crippen molar-refractivity contribution in [3.8, 4) is 6.07 Å². The summed E-state index contributed by atoms with van der Waals surface area (Å²) in [7, 11) is -1.93. The summed E-state index contributed by atoms with van der Waals surface area (Å²) in [6.07, 6.45) is 6.25. The van der Waals surface area contributed by atoms with Gasteiger partial charge in [0.05, 0.1) is 17.9 Å². The number of carbonyl (C=O) groups excluding carboxylic acids is 2. The Bertz CT molecular complexity index is 1160. The Kier molecular flexibility index (Phi) is 7.71. The Morgan fingerprint density at radius 3 is 2.42 bits per heavy atom. The van der Waals surface area contributed by atoms with Crippen molar-refractivity contribution in [3.63, 3.8) is 0 Å². The monoisotopic (exact) mass is 489 g/mol. The number of benzene rings is 1. The van der Waals surface area contributed by atoms with Gasteiger partial charge < -0.3 is 9.80 Å². The van der Waals surface area contributed by atoms with Crippen LogP contribution in [0.2, 0.25) is 0 Å². The van der Waals surface area contributed by atoms with Gasteiger partial charge in [-0.2, -0.15) is 5.26 Å². The molecule has 176 valence electrons. The summed E-state index contributed by atoms with van der Waals surface area (Å²) in [6, 6.07) is 9.01. The van der Waals surface area contributed by atoms with Crippen molar-refractivity contribution in [2.75, 3.05) is 24.7 Å². The molecule has 0 bridgehead atoms. The minimum absolute atomic E-state index is 0.00100. The van der Waals surface area contributed by atoms with Gasteiger partial charge in [-0.05, 0) is 44.0 Å². The van der Waals surface area contributed by atoms with Crippen molar-refractivity contribution in [3.05, 3.63) is 40.4 Å². The summed E-state index contributed by atoms with van der Waals surface area (Å²) in [5.41, 5.74) is 1.11. The maximum Gasteiger partial charge on any atom is 0.284 e. The summed E-state index contributed by atoms with van der Waals surface area (Å²) >= 11 is 1.19. The molecule has 3 rings (SSSR count). The fourth-order valence-corrected chi connectivity index (χ4v) is 5.19. The van der Waals surface area contributed by atoms with E-state index in [1.54, 1.807) is 41.0 Å². The van der Waals surface area contributed by atoms with Gasteiger partial charge in [0.1, 0.15) is 12.2 Å². The van der Waals surface area contributed by atoms with E-state index >= 15 is 0 Å². The average molecular weight is 490 g/mol. The number of nitrogens with zero attached hydrogens (tertiary/aromatic N) is 4. The first-order valence-corrected chi connectivity index (χ1v) is 13.3. The van der Waals surface area contributed by atoms with Crippen molar-refractivity contribution < 1.29 is 18.0 Å². The smallest absolute Gasteiger partial charge is 0.284 e. The molecule has 0 atom stereocenters. The van der Waals surface area contributed by atoms with E-state index in [2.05, 4.69) is 11.1 Å². The maximum absolute atomic E-state index is 13.2. The fourth-order valence-electron chi connectivity index (χ4n) is 3.83. The number of hydrogen-bond acceptors (Lipinski definition) is 8. The maximum atomic E-state index is 13.2. The molecule has 1 saturated carbocycles. The van der Waals surface area contributed by atoms with Crippen LogP contribution in [0.5, 0.6) is 0 Å². The highest BCUT2D eigenvalue weighted by atomic mass is 32.2. The molecule has 1 heterocycles. The molecule has 2 aromatic rings. The predicted molar refractivity (Wildman–Crippen MR) is 127 cm³/mol. The Labute approximate surface area is 198 Å². The topological polar surface area (TPSA) is 123 Å². The van der Waals surface area contributed by atoms with Crippen molar-refractivity contribution in [1.29, 1.82) is 5.26 Å². The third kappa shape index (κ3) is 6.30. The Balaban J connectivity index is 1.92. The molecule has 0 unspecified atom stereocenters. The predicted octanol–water partition coefficient (Wildman–Crippen LogP) is 2.94. The second kappa shape index (κ2) is 10.3. The highest BCUT2D eigenvalue weighted by Gasteiger charge is 2.27. The quantitative estimate of drug-likeness (QED) is 0.634. The molecular formula is C22H27N5O4S2. The number of anilines is 2. The molecule has 1 aromatic heterocycles. The highest BCUT2D eigenvalue weighted by Crippen LogP contribution is 2.32. The van der Waals surface area contributed by atoms with E-state index in [1.807, 2.05) is 11.8 Å². The van der Waals surface area contributed by atoms with Crippen LogP contribution in [0.25, 0.3) is 0 Å². The van der Waals surface area contributed by atoms with Gasteiger partial charge in [0.2, 0.25) is 15.9 Å². The zero-order valence-electron chi connectivity index (χ0n) is 18.9. The Hall–Kier alpha value is -2.97. The number of amides is 2. The lowest BCUT2D eigenvalue weighted by molar-refractivity contribution is -0.130. The largest absolute Gasteiger partial charge is 0.341 e. The SMILES string of the molecule is Cc1sc(N(CC(=O)N(C)C2CCCCC2)c2ccc(C#N)cc2)nc1C(=O)NS(C)(=O)=O. The molecule has 1 aliphatic rings. The van der Waals surface area contributed by atoms with E-state index in [4.69, 9.17) is 5.26 Å². The number of sulfonamides is 1. The number of aryl methyl sites for hydroxylation is 1. The highest BCUT2D eigenvalue weighted by molar-refractivity contribution is 7.89. The van der Waals surface area contributed by atoms with Gasteiger partial charge in [-0.1, -0.05) is 19.3 Å². The summed E-state index contributed by atoms with van der Waals surface area (Å²) in [5.74, 6) is -0.899. The molecule has 2 amide bonds. The van der Waals surface area contributed by atoms with E-state index in [0.29, 0.717) is 21.3 Å². The van der Waals surface area contributed by atoms with Crippen LogP contribution >= 0.6 is 11.3 Å². The third-order valence-electron chi connectivity index (χ3n) is 5.63. The van der Waals surface area contributed by atoms with Crippen LogP contribution < -0.4 is 9.62 Å². The van der Waals surface area contributed by atoms with Crippen LogP contribution in [0.15, 0.2) is 24.3 Å². The Morgan fingerprint density at radius 2 is 1.85 bits per heavy atom. The number of likely N-dealkylation sites (N-methyl/N-ethyl adjacent to an activating group) is 1. The number of nitrogens with one attached hydrogen (secondary N) is 1. The summed E-state index contributed by atoms with van der Waals surface area (Å²) in [4.78, 5) is 34.0. The van der Waals surface area contributed by atoms with Crippen LogP contribution in [0.3, 0.4) is 0 Å². The zero-order valence-corrected chi connectivity index (χ0v) is 20.5. The molecule has 33 heavy (non-hydrogen) atoms. The minimum atomic E-state index is -3.74. The normalized spacial score (nSPS) is 14.4. The van der Waals surface area contributed by atoms with E-state index < -0.39 is 15.9 Å². The van der Waals surface area contributed by atoms with Crippen molar-refractivity contribution in [2.45, 2.75) is 45.1 Å². The second-order valence-corrected chi connectivity index (χ2v) is 11.1. The number of thiazole rings is 1. The van der Waals surface area contributed by atoms with Gasteiger partial charge >= 0.3 is 0 Å². The first kappa shape index (κ1) is 24.7. The van der Waals surface area contributed by atoms with Gasteiger partial charge in [-0.25, -0.2) is 18.1 Å². The summed E-state index contributed by atoms with van der Waals surface area (Å²) in [5, 5.41) is 9.50. The number of rotatable bonds is 7. The van der Waals surface area contributed by atoms with Crippen LogP contribution in [-0.4, -0.2) is 56.0 Å². The van der Waals surface area contributed by atoms with E-state index in [0.717, 1.165) is 31.9 Å². The summed E-state index contributed by atoms with van der Waals surface area (Å²) < 4.78 is 24.9. The van der Waals surface area contributed by atoms with Crippen LogP contribution in [0.1, 0.15) is 53.0 Å². The molecule has 11 heteroatoms. The van der Waals surface area contributed by atoms with E-state index in [1.165, 1.54) is 17.8 Å². The van der Waals surface area contributed by atoms with Crippen LogP contribution in [0, 0.1) is 18.3 Å². The molecule has 1 N–H and O–H groups in total. The molecule has 1 aromatic carbocycles. The molecule has 0 aliphatic heterocycles.